The van der Waals surface area contributed by atoms with Crippen LogP contribution in [0.25, 0.3) is 0 Å². The normalized spacial score (nSPS) is 27.7. The van der Waals surface area contributed by atoms with Crippen molar-refractivity contribution in [3.63, 3.8) is 0 Å². The van der Waals surface area contributed by atoms with Crippen molar-refractivity contribution in [2.24, 2.45) is 5.92 Å². The lowest BCUT2D eigenvalue weighted by atomic mass is 10.1. The number of hydrogen-bond acceptors (Lipinski definition) is 6. The largest absolute Gasteiger partial charge is 0.497 e. The van der Waals surface area contributed by atoms with Crippen LogP contribution in [0.3, 0.4) is 0 Å². The molecular weight excluding hydrogens is 562 g/mol. The first kappa shape index (κ1) is 33.0. The number of nitrogens with zero attached hydrogens (tertiary/aromatic N) is 2. The second kappa shape index (κ2) is 13.4. The van der Waals surface area contributed by atoms with Crippen LogP contribution >= 0.6 is 0 Å². The number of ether oxygens (including phenoxy) is 2. The van der Waals surface area contributed by atoms with Crippen LogP contribution in [-0.4, -0.2) is 80.5 Å². The number of carbonyl (C=O) groups is 3. The fourth-order valence-electron chi connectivity index (χ4n) is 5.83. The number of nitrogens with one attached hydrogen (secondary N) is 1. The first-order valence-electron chi connectivity index (χ1n) is 15.8. The minimum atomic E-state index is -2.17. The SMILES string of the molecule is CCOC(=O)C12CC1/C=C\CCCCCN(Cc1ccc(OC)cc1)C(=O)N1CC(O[Si](C)(C)C(C)(C)C)CC1C(=O)N2. The lowest BCUT2D eigenvalue weighted by Gasteiger charge is -2.38. The number of carbonyl (C=O) groups excluding carboxylic acids is 3. The number of esters is 1. The van der Waals surface area contributed by atoms with Crippen molar-refractivity contribution in [1.82, 2.24) is 15.1 Å². The van der Waals surface area contributed by atoms with Crippen LogP contribution in [0.2, 0.25) is 18.1 Å². The van der Waals surface area contributed by atoms with Crippen molar-refractivity contribution in [3.8, 4) is 5.75 Å². The third-order valence-electron chi connectivity index (χ3n) is 9.55. The summed E-state index contributed by atoms with van der Waals surface area (Å²) in [6, 6.07) is 6.82. The number of allylic oxidation sites excluding steroid dienone is 1. The maximum Gasteiger partial charge on any atom is 0.332 e. The maximum absolute atomic E-state index is 14.4. The molecule has 0 spiro atoms. The molecule has 0 aromatic heterocycles. The third-order valence-corrected chi connectivity index (χ3v) is 14.1. The van der Waals surface area contributed by atoms with E-state index >= 15 is 0 Å². The molecule has 3 amide bonds. The second-order valence-electron chi connectivity index (χ2n) is 13.7. The summed E-state index contributed by atoms with van der Waals surface area (Å²) >= 11 is 0. The number of methoxy groups -OCH3 is 1. The van der Waals surface area contributed by atoms with Gasteiger partial charge in [-0.1, -0.05) is 51.5 Å². The Morgan fingerprint density at radius 2 is 1.84 bits per heavy atom. The molecule has 4 unspecified atom stereocenters. The van der Waals surface area contributed by atoms with E-state index in [1.54, 1.807) is 18.9 Å². The summed E-state index contributed by atoms with van der Waals surface area (Å²) in [5, 5.41) is 3.05. The van der Waals surface area contributed by atoms with Crippen LogP contribution in [0.1, 0.15) is 71.8 Å². The van der Waals surface area contributed by atoms with Gasteiger partial charge in [0.05, 0.1) is 19.8 Å². The van der Waals surface area contributed by atoms with Crippen molar-refractivity contribution in [2.75, 3.05) is 26.8 Å². The molecule has 2 fully saturated rings. The molecule has 2 heterocycles. The van der Waals surface area contributed by atoms with Gasteiger partial charge in [0.1, 0.15) is 17.3 Å². The van der Waals surface area contributed by atoms with E-state index in [1.165, 1.54) is 0 Å². The van der Waals surface area contributed by atoms with Crippen LogP contribution in [0.5, 0.6) is 5.75 Å². The van der Waals surface area contributed by atoms with E-state index < -0.39 is 25.9 Å². The van der Waals surface area contributed by atoms with Gasteiger partial charge in [0.2, 0.25) is 5.91 Å². The van der Waals surface area contributed by atoms with E-state index in [1.807, 2.05) is 35.2 Å². The summed E-state index contributed by atoms with van der Waals surface area (Å²) in [5.74, 6) is -0.0839. The maximum atomic E-state index is 14.4. The van der Waals surface area contributed by atoms with Crippen LogP contribution in [0, 0.1) is 5.92 Å². The molecule has 43 heavy (non-hydrogen) atoms. The summed E-state index contributed by atoms with van der Waals surface area (Å²) in [5.41, 5.74) is -0.0917. The van der Waals surface area contributed by atoms with Gasteiger partial charge in [-0.05, 0) is 68.4 Å². The van der Waals surface area contributed by atoms with E-state index in [4.69, 9.17) is 13.9 Å². The van der Waals surface area contributed by atoms with Crippen LogP contribution < -0.4 is 10.1 Å². The van der Waals surface area contributed by atoms with Crippen LogP contribution in [-0.2, 0) is 25.3 Å². The zero-order chi connectivity index (χ0) is 31.4. The van der Waals surface area contributed by atoms with Gasteiger partial charge in [-0.15, -0.1) is 0 Å². The average molecular weight is 614 g/mol. The molecule has 0 radical (unpaired) electrons. The Morgan fingerprint density at radius 1 is 1.12 bits per heavy atom. The first-order chi connectivity index (χ1) is 20.3. The fraction of sp³-hybridized carbons (Fsp3) is 0.667. The zero-order valence-corrected chi connectivity index (χ0v) is 28.1. The lowest BCUT2D eigenvalue weighted by molar-refractivity contribution is -0.149. The zero-order valence-electron chi connectivity index (χ0n) is 27.1. The summed E-state index contributed by atoms with van der Waals surface area (Å²) in [4.78, 5) is 45.1. The molecule has 1 saturated heterocycles. The predicted octanol–water partition coefficient (Wildman–Crippen LogP) is 5.65. The van der Waals surface area contributed by atoms with Crippen molar-refractivity contribution < 1.29 is 28.3 Å². The molecule has 2 aliphatic heterocycles. The first-order valence-corrected chi connectivity index (χ1v) is 18.7. The summed E-state index contributed by atoms with van der Waals surface area (Å²) in [6.45, 7) is 14.3. The molecule has 238 valence electrons. The Morgan fingerprint density at radius 3 is 2.49 bits per heavy atom. The van der Waals surface area contributed by atoms with Crippen molar-refractivity contribution in [1.29, 1.82) is 0 Å². The monoisotopic (exact) mass is 613 g/mol. The number of fused-ring (bicyclic) bond motifs is 2. The smallest absolute Gasteiger partial charge is 0.332 e. The Bertz CT molecular complexity index is 1180. The highest BCUT2D eigenvalue weighted by atomic mass is 28.4. The third kappa shape index (κ3) is 7.63. The molecule has 0 bridgehead atoms. The van der Waals surface area contributed by atoms with Gasteiger partial charge in [-0.3, -0.25) is 4.79 Å². The molecule has 1 aliphatic carbocycles. The Balaban J connectivity index is 1.65. The summed E-state index contributed by atoms with van der Waals surface area (Å²) in [6.07, 6.45) is 8.50. The second-order valence-corrected chi connectivity index (χ2v) is 18.5. The molecule has 4 atom stereocenters. The van der Waals surface area contributed by atoms with E-state index in [9.17, 15) is 14.4 Å². The van der Waals surface area contributed by atoms with Crippen LogP contribution in [0.4, 0.5) is 4.79 Å². The number of amides is 3. The molecule has 1 aromatic carbocycles. The molecule has 4 rings (SSSR count). The van der Waals surface area contributed by atoms with Crippen molar-refractivity contribution in [3.05, 3.63) is 42.0 Å². The fourth-order valence-corrected chi connectivity index (χ4v) is 7.18. The summed E-state index contributed by atoms with van der Waals surface area (Å²) in [7, 11) is -0.540. The van der Waals surface area contributed by atoms with E-state index in [0.717, 1.165) is 37.0 Å². The minimum Gasteiger partial charge on any atom is -0.497 e. The standard InChI is InChI=1S/C33H51N3O6Si/c1-8-41-30(38)33-21-25(33)14-12-10-9-11-13-19-35(22-24-15-17-26(40-5)18-16-24)31(39)36-23-27(20-28(36)29(37)34-33)42-43(6,7)32(2,3)4/h12,14-18,25,27-28H,8-11,13,19-23H2,1-7H3,(H,34,37)/b14-12-. The van der Waals surface area contributed by atoms with Gasteiger partial charge in [-0.2, -0.15) is 0 Å². The number of hydrogen-bond donors (Lipinski definition) is 1. The van der Waals surface area contributed by atoms with Gasteiger partial charge < -0.3 is 29.0 Å². The molecule has 1 N–H and O–H groups in total. The molecule has 1 aromatic rings. The van der Waals surface area contributed by atoms with Crippen molar-refractivity contribution >= 4 is 26.2 Å². The van der Waals surface area contributed by atoms with Gasteiger partial charge >= 0.3 is 12.0 Å². The van der Waals surface area contributed by atoms with E-state index in [0.29, 0.717) is 32.5 Å². The molecular formula is C33H51N3O6Si. The van der Waals surface area contributed by atoms with Gasteiger partial charge in [-0.25, -0.2) is 9.59 Å². The highest BCUT2D eigenvalue weighted by molar-refractivity contribution is 6.74. The van der Waals surface area contributed by atoms with Gasteiger partial charge in [0.25, 0.3) is 0 Å². The van der Waals surface area contributed by atoms with Gasteiger partial charge in [0.15, 0.2) is 8.32 Å². The molecule has 1 saturated carbocycles. The van der Waals surface area contributed by atoms with Crippen molar-refractivity contribution in [2.45, 2.75) is 109 Å². The lowest BCUT2D eigenvalue weighted by Crippen LogP contribution is -2.55. The quantitative estimate of drug-likeness (QED) is 0.243. The molecule has 9 nitrogen and oxygen atoms in total. The average Bonchev–Trinajstić information content (AvgIpc) is 3.48. The number of rotatable bonds is 7. The summed E-state index contributed by atoms with van der Waals surface area (Å²) < 4.78 is 17.5. The molecule has 10 heteroatoms. The number of benzene rings is 1. The predicted molar refractivity (Wildman–Crippen MR) is 169 cm³/mol. The Kier molecular flexibility index (Phi) is 10.3. The van der Waals surface area contributed by atoms with E-state index in [2.05, 4.69) is 45.3 Å². The topological polar surface area (TPSA) is 97.4 Å². The highest BCUT2D eigenvalue weighted by Crippen LogP contribution is 2.46. The van der Waals surface area contributed by atoms with E-state index in [-0.39, 0.29) is 35.6 Å². The Hall–Kier alpha value is -2.85. The molecule has 3 aliphatic rings. The number of urea groups is 1. The van der Waals surface area contributed by atoms with Gasteiger partial charge in [0, 0.05) is 32.0 Å². The Labute approximate surface area is 258 Å². The minimum absolute atomic E-state index is 0.0160. The van der Waals surface area contributed by atoms with Crippen LogP contribution in [0.15, 0.2) is 36.4 Å². The highest BCUT2D eigenvalue weighted by Gasteiger charge is 2.62.